The predicted molar refractivity (Wildman–Crippen MR) is 40.9 cm³/mol. The van der Waals surface area contributed by atoms with Gasteiger partial charge in [0.2, 0.25) is 0 Å². The van der Waals surface area contributed by atoms with E-state index >= 15 is 0 Å². The molecule has 2 N–H and O–H groups in total. The highest BCUT2D eigenvalue weighted by Crippen LogP contribution is 2.08. The maximum absolute atomic E-state index is 5.47. The van der Waals surface area contributed by atoms with Gasteiger partial charge >= 0.3 is 0 Å². The third-order valence-electron chi connectivity index (χ3n) is 1.95. The summed E-state index contributed by atoms with van der Waals surface area (Å²) in [6.07, 6.45) is 4.38. The molecule has 1 aliphatic rings. The Morgan fingerprint density at radius 1 is 1.60 bits per heavy atom. The normalized spacial score (nSPS) is 25.5. The summed E-state index contributed by atoms with van der Waals surface area (Å²) in [7, 11) is 0. The first kappa shape index (κ1) is 8.02. The van der Waals surface area contributed by atoms with Crippen LogP contribution < -0.4 is 5.32 Å². The summed E-state index contributed by atoms with van der Waals surface area (Å²) in [6, 6.07) is 0. The van der Waals surface area contributed by atoms with Gasteiger partial charge in [-0.1, -0.05) is 6.92 Å². The van der Waals surface area contributed by atoms with Gasteiger partial charge in [0.05, 0.1) is 6.54 Å². The van der Waals surface area contributed by atoms with Crippen LogP contribution in [-0.4, -0.2) is 25.8 Å². The minimum absolute atomic E-state index is 0.562. The Hall–Kier alpha value is -0.0800. The molecule has 0 saturated carbocycles. The predicted octanol–water partition coefficient (Wildman–Crippen LogP) is 0.139. The maximum atomic E-state index is 5.47. The lowest BCUT2D eigenvalue weighted by atomic mass is 10.2. The largest absolute Gasteiger partial charge is 0.372 e. The summed E-state index contributed by atoms with van der Waals surface area (Å²) in [4.78, 5) is 0. The van der Waals surface area contributed by atoms with Gasteiger partial charge in [0.25, 0.3) is 0 Å². The summed E-state index contributed by atoms with van der Waals surface area (Å²) >= 11 is 0. The van der Waals surface area contributed by atoms with Crippen LogP contribution in [0.15, 0.2) is 0 Å². The molecule has 0 radical (unpaired) electrons. The molecule has 10 heavy (non-hydrogen) atoms. The third-order valence-corrected chi connectivity index (χ3v) is 1.95. The fourth-order valence-corrected chi connectivity index (χ4v) is 1.34. The molecule has 0 amide bonds. The molecule has 1 aliphatic heterocycles. The monoisotopic (exact) mass is 144 g/mol. The van der Waals surface area contributed by atoms with Gasteiger partial charge < -0.3 is 10.1 Å². The molecular weight excluding hydrogens is 126 g/mol. The molecule has 0 aromatic carbocycles. The van der Waals surface area contributed by atoms with Gasteiger partial charge in [-0.05, 0) is 19.3 Å². The molecule has 0 unspecified atom stereocenters. The summed E-state index contributed by atoms with van der Waals surface area (Å²) in [5, 5.41) is 2.36. The van der Waals surface area contributed by atoms with Crippen molar-refractivity contribution in [3.05, 3.63) is 0 Å². The van der Waals surface area contributed by atoms with Crippen LogP contribution in [0.2, 0.25) is 0 Å². The number of hydrogen-bond donors (Lipinski definition) is 1. The van der Waals surface area contributed by atoms with E-state index < -0.39 is 0 Å². The highest BCUT2D eigenvalue weighted by atomic mass is 16.5. The first-order chi connectivity index (χ1) is 4.93. The second-order valence-corrected chi connectivity index (χ2v) is 2.95. The fourth-order valence-electron chi connectivity index (χ4n) is 1.34. The average molecular weight is 144 g/mol. The maximum Gasteiger partial charge on any atom is 0.106 e. The van der Waals surface area contributed by atoms with Crippen LogP contribution in [0.4, 0.5) is 0 Å². The van der Waals surface area contributed by atoms with Crippen molar-refractivity contribution in [2.24, 2.45) is 0 Å². The van der Waals surface area contributed by atoms with Crippen LogP contribution in [0.25, 0.3) is 0 Å². The quantitative estimate of drug-likeness (QED) is 0.558. The Morgan fingerprint density at radius 3 is 3.10 bits per heavy atom. The van der Waals surface area contributed by atoms with Crippen LogP contribution in [0.5, 0.6) is 0 Å². The van der Waals surface area contributed by atoms with Gasteiger partial charge in [0, 0.05) is 6.61 Å². The molecule has 60 valence electrons. The summed E-state index contributed by atoms with van der Waals surface area (Å²) in [6.45, 7) is 5.63. The van der Waals surface area contributed by atoms with Crippen molar-refractivity contribution in [3.8, 4) is 0 Å². The number of hydrogen-bond acceptors (Lipinski definition) is 1. The van der Waals surface area contributed by atoms with E-state index in [1.165, 1.54) is 32.4 Å². The van der Waals surface area contributed by atoms with Gasteiger partial charge in [0.1, 0.15) is 12.6 Å². The Labute approximate surface area is 63.0 Å². The lowest BCUT2D eigenvalue weighted by Crippen LogP contribution is -2.86. The minimum atomic E-state index is 0.562. The molecule has 1 fully saturated rings. The summed E-state index contributed by atoms with van der Waals surface area (Å²) in [5.74, 6) is 0. The van der Waals surface area contributed by atoms with Crippen LogP contribution in [0.1, 0.15) is 26.2 Å². The Bertz CT molecular complexity index is 79.3. The van der Waals surface area contributed by atoms with E-state index in [9.17, 15) is 0 Å². The SMILES string of the molecule is CCC[NH2+]C[C@@H]1CCCO1. The van der Waals surface area contributed by atoms with Gasteiger partial charge in [-0.25, -0.2) is 0 Å². The zero-order valence-corrected chi connectivity index (χ0v) is 6.81. The molecule has 2 nitrogen and oxygen atoms in total. The lowest BCUT2D eigenvalue weighted by molar-refractivity contribution is -0.660. The van der Waals surface area contributed by atoms with Gasteiger partial charge in [-0.3, -0.25) is 0 Å². The molecule has 1 saturated heterocycles. The first-order valence-corrected chi connectivity index (χ1v) is 4.36. The second-order valence-electron chi connectivity index (χ2n) is 2.95. The second kappa shape index (κ2) is 4.69. The molecule has 0 bridgehead atoms. The van der Waals surface area contributed by atoms with Crippen molar-refractivity contribution < 1.29 is 10.1 Å². The summed E-state index contributed by atoms with van der Waals surface area (Å²) in [5.41, 5.74) is 0. The van der Waals surface area contributed by atoms with Crippen LogP contribution in [-0.2, 0) is 4.74 Å². The molecule has 2 heteroatoms. The molecular formula is C8H18NO+. The number of quaternary nitrogens is 1. The van der Waals surface area contributed by atoms with Crippen molar-refractivity contribution in [2.75, 3.05) is 19.7 Å². The molecule has 0 aromatic rings. The lowest BCUT2D eigenvalue weighted by Gasteiger charge is -2.06. The van der Waals surface area contributed by atoms with Crippen molar-refractivity contribution >= 4 is 0 Å². The minimum Gasteiger partial charge on any atom is -0.372 e. The van der Waals surface area contributed by atoms with Crippen LogP contribution in [0, 0.1) is 0 Å². The van der Waals surface area contributed by atoms with E-state index in [-0.39, 0.29) is 0 Å². The summed E-state index contributed by atoms with van der Waals surface area (Å²) < 4.78 is 5.47. The fraction of sp³-hybridized carbons (Fsp3) is 1.00. The molecule has 0 spiro atoms. The van der Waals surface area contributed by atoms with Gasteiger partial charge in [-0.2, -0.15) is 0 Å². The van der Waals surface area contributed by atoms with E-state index in [2.05, 4.69) is 12.2 Å². The highest BCUT2D eigenvalue weighted by Gasteiger charge is 2.15. The van der Waals surface area contributed by atoms with Crippen molar-refractivity contribution in [1.29, 1.82) is 0 Å². The topological polar surface area (TPSA) is 25.8 Å². The number of rotatable bonds is 4. The van der Waals surface area contributed by atoms with E-state index in [0.29, 0.717) is 6.10 Å². The zero-order valence-electron chi connectivity index (χ0n) is 6.81. The van der Waals surface area contributed by atoms with Crippen molar-refractivity contribution in [3.63, 3.8) is 0 Å². The smallest absolute Gasteiger partial charge is 0.106 e. The average Bonchev–Trinajstić information content (AvgIpc) is 2.41. The van der Waals surface area contributed by atoms with Crippen LogP contribution in [0.3, 0.4) is 0 Å². The van der Waals surface area contributed by atoms with Crippen molar-refractivity contribution in [2.45, 2.75) is 32.3 Å². The molecule has 0 aliphatic carbocycles. The molecule has 0 aromatic heterocycles. The first-order valence-electron chi connectivity index (χ1n) is 4.36. The third kappa shape index (κ3) is 2.67. The Balaban J connectivity index is 1.91. The van der Waals surface area contributed by atoms with Crippen LogP contribution >= 0.6 is 0 Å². The number of ether oxygens (including phenoxy) is 1. The molecule has 1 heterocycles. The highest BCUT2D eigenvalue weighted by molar-refractivity contribution is 4.61. The number of nitrogens with two attached hydrogens (primary N) is 1. The standard InChI is InChI=1S/C8H17NO/c1-2-5-9-7-8-4-3-6-10-8/h8-9H,2-7H2,1H3/p+1/t8-/m0/s1. The van der Waals surface area contributed by atoms with E-state index in [1.54, 1.807) is 0 Å². The van der Waals surface area contributed by atoms with Gasteiger partial charge in [0.15, 0.2) is 0 Å². The Kier molecular flexibility index (Phi) is 3.76. The molecule has 1 atom stereocenters. The van der Waals surface area contributed by atoms with E-state index in [0.717, 1.165) is 6.61 Å². The Morgan fingerprint density at radius 2 is 2.50 bits per heavy atom. The molecule has 1 rings (SSSR count). The van der Waals surface area contributed by atoms with E-state index in [4.69, 9.17) is 4.74 Å². The van der Waals surface area contributed by atoms with Crippen molar-refractivity contribution in [1.82, 2.24) is 0 Å². The van der Waals surface area contributed by atoms with Gasteiger partial charge in [-0.15, -0.1) is 0 Å². The van der Waals surface area contributed by atoms with E-state index in [1.807, 2.05) is 0 Å². The zero-order chi connectivity index (χ0) is 7.23.